The van der Waals surface area contributed by atoms with Gasteiger partial charge in [0.15, 0.2) is 5.69 Å². The lowest BCUT2D eigenvalue weighted by atomic mass is 10.1. The van der Waals surface area contributed by atoms with Crippen LogP contribution in [0.1, 0.15) is 49.9 Å². The van der Waals surface area contributed by atoms with Gasteiger partial charge in [0, 0.05) is 13.2 Å². The van der Waals surface area contributed by atoms with Gasteiger partial charge in [0.25, 0.3) is 11.8 Å². The number of esters is 1. The van der Waals surface area contributed by atoms with E-state index in [1.165, 1.54) is 10.9 Å². The summed E-state index contributed by atoms with van der Waals surface area (Å²) in [7, 11) is 1.62. The molecule has 0 spiro atoms. The molecule has 0 aromatic carbocycles. The summed E-state index contributed by atoms with van der Waals surface area (Å²) < 4.78 is 6.57. The highest BCUT2D eigenvalue weighted by atomic mass is 35.5. The van der Waals surface area contributed by atoms with Gasteiger partial charge in [-0.1, -0.05) is 11.6 Å². The summed E-state index contributed by atoms with van der Waals surface area (Å²) in [4.78, 5) is 36.5. The highest BCUT2D eigenvalue weighted by molar-refractivity contribution is 7.18. The molecule has 2 heterocycles. The molecule has 25 heavy (non-hydrogen) atoms. The van der Waals surface area contributed by atoms with E-state index < -0.39 is 17.8 Å². The fraction of sp³-hybridized carbons (Fsp3) is 0.333. The van der Waals surface area contributed by atoms with Crippen molar-refractivity contribution in [2.75, 3.05) is 5.32 Å². The first-order chi connectivity index (χ1) is 11.6. The number of carbonyl (C=O) groups is 3. The molecule has 10 heteroatoms. The number of nitrogens with two attached hydrogens (primary N) is 1. The molecule has 0 aliphatic heterocycles. The number of anilines is 1. The number of nitrogens with one attached hydrogen (secondary N) is 1. The maximum atomic E-state index is 12.4. The van der Waals surface area contributed by atoms with Crippen molar-refractivity contribution < 1.29 is 19.1 Å². The van der Waals surface area contributed by atoms with Gasteiger partial charge in [-0.05, 0) is 26.3 Å². The Morgan fingerprint density at radius 2 is 2.04 bits per heavy atom. The third-order valence-electron chi connectivity index (χ3n) is 3.14. The fourth-order valence-corrected chi connectivity index (χ4v) is 3.44. The summed E-state index contributed by atoms with van der Waals surface area (Å²) in [5.41, 5.74) is 5.78. The topological polar surface area (TPSA) is 116 Å². The van der Waals surface area contributed by atoms with Crippen molar-refractivity contribution in [2.24, 2.45) is 12.8 Å². The van der Waals surface area contributed by atoms with Gasteiger partial charge >= 0.3 is 5.97 Å². The van der Waals surface area contributed by atoms with E-state index in [9.17, 15) is 14.4 Å². The van der Waals surface area contributed by atoms with Crippen LogP contribution in [0.2, 0.25) is 5.02 Å². The first-order valence-corrected chi connectivity index (χ1v) is 8.45. The Hall–Kier alpha value is -2.39. The number of amides is 2. The normalized spacial score (nSPS) is 10.8. The first-order valence-electron chi connectivity index (χ1n) is 7.26. The molecule has 3 N–H and O–H groups in total. The van der Waals surface area contributed by atoms with Crippen molar-refractivity contribution in [1.82, 2.24) is 9.78 Å². The quantitative estimate of drug-likeness (QED) is 0.767. The minimum atomic E-state index is -0.697. The Morgan fingerprint density at radius 1 is 1.40 bits per heavy atom. The number of ether oxygens (including phenoxy) is 1. The number of primary amides is 1. The van der Waals surface area contributed by atoms with Crippen molar-refractivity contribution in [2.45, 2.75) is 26.9 Å². The number of carbonyl (C=O) groups excluding carboxylic acids is 3. The van der Waals surface area contributed by atoms with Crippen molar-refractivity contribution in [1.29, 1.82) is 0 Å². The molecule has 0 atom stereocenters. The lowest BCUT2D eigenvalue weighted by molar-refractivity contribution is 0.0379. The van der Waals surface area contributed by atoms with Gasteiger partial charge < -0.3 is 15.8 Å². The van der Waals surface area contributed by atoms with E-state index in [1.54, 1.807) is 27.8 Å². The minimum Gasteiger partial charge on any atom is -0.459 e. The van der Waals surface area contributed by atoms with Gasteiger partial charge in [0.2, 0.25) is 0 Å². The summed E-state index contributed by atoms with van der Waals surface area (Å²) in [5.74, 6) is -1.96. The summed E-state index contributed by atoms with van der Waals surface area (Å²) in [6, 6.07) is 0. The van der Waals surface area contributed by atoms with Gasteiger partial charge in [-0.3, -0.25) is 14.3 Å². The van der Waals surface area contributed by atoms with Gasteiger partial charge in [-0.25, -0.2) is 4.79 Å². The lowest BCUT2D eigenvalue weighted by Gasteiger charge is -2.10. The summed E-state index contributed by atoms with van der Waals surface area (Å²) >= 11 is 6.86. The molecule has 0 aliphatic rings. The standard InChI is InChI=1S/C15H17ClN4O4S/c1-6(2)24-15(23)9-7(3)11(12(17)21)25-14(9)18-13(22)10-8(16)5-20(4)19-10/h5-6H,1-4H3,(H2,17,21)(H,18,22). The number of aryl methyl sites for hydroxylation is 1. The van der Waals surface area contributed by atoms with Crippen LogP contribution >= 0.6 is 22.9 Å². The van der Waals surface area contributed by atoms with Crippen LogP contribution in [-0.4, -0.2) is 33.7 Å². The zero-order valence-electron chi connectivity index (χ0n) is 14.0. The summed E-state index contributed by atoms with van der Waals surface area (Å²) in [6.07, 6.45) is 1.11. The lowest BCUT2D eigenvalue weighted by Crippen LogP contribution is -2.18. The molecule has 0 saturated carbocycles. The summed E-state index contributed by atoms with van der Waals surface area (Å²) in [6.45, 7) is 4.96. The second-order valence-electron chi connectivity index (χ2n) is 5.53. The van der Waals surface area contributed by atoms with Crippen LogP contribution in [0.3, 0.4) is 0 Å². The van der Waals surface area contributed by atoms with Gasteiger partial charge in [-0.2, -0.15) is 5.10 Å². The molecule has 2 amide bonds. The van der Waals surface area contributed by atoms with E-state index in [1.807, 2.05) is 0 Å². The predicted molar refractivity (Wildman–Crippen MR) is 94.3 cm³/mol. The van der Waals surface area contributed by atoms with Crippen LogP contribution in [0.4, 0.5) is 5.00 Å². The molecular weight excluding hydrogens is 368 g/mol. The van der Waals surface area contributed by atoms with Crippen LogP contribution in [0.5, 0.6) is 0 Å². The smallest absolute Gasteiger partial charge is 0.341 e. The number of rotatable bonds is 5. The second kappa shape index (κ2) is 7.24. The van der Waals surface area contributed by atoms with Crippen molar-refractivity contribution in [3.63, 3.8) is 0 Å². The van der Waals surface area contributed by atoms with E-state index in [2.05, 4.69) is 10.4 Å². The SMILES string of the molecule is Cc1c(C(N)=O)sc(NC(=O)c2nn(C)cc2Cl)c1C(=O)OC(C)C. The molecule has 134 valence electrons. The Morgan fingerprint density at radius 3 is 2.52 bits per heavy atom. The van der Waals surface area contributed by atoms with E-state index in [4.69, 9.17) is 22.1 Å². The highest BCUT2D eigenvalue weighted by Crippen LogP contribution is 2.34. The monoisotopic (exact) mass is 384 g/mol. The second-order valence-corrected chi connectivity index (χ2v) is 6.96. The number of halogens is 1. The molecule has 0 saturated heterocycles. The van der Waals surface area contributed by atoms with Gasteiger partial charge in [0.1, 0.15) is 5.00 Å². The first kappa shape index (κ1) is 18.9. The maximum Gasteiger partial charge on any atom is 0.341 e. The number of hydrogen-bond donors (Lipinski definition) is 2. The molecule has 0 radical (unpaired) electrons. The van der Waals surface area contributed by atoms with Crippen LogP contribution in [0, 0.1) is 6.92 Å². The third-order valence-corrected chi connectivity index (χ3v) is 4.64. The number of aromatic nitrogens is 2. The van der Waals surface area contributed by atoms with Crippen molar-refractivity contribution >= 4 is 45.7 Å². The molecule has 0 bridgehead atoms. The van der Waals surface area contributed by atoms with Crippen molar-refractivity contribution in [3.05, 3.63) is 32.9 Å². The van der Waals surface area contributed by atoms with Gasteiger partial charge in [-0.15, -0.1) is 11.3 Å². The van der Waals surface area contributed by atoms with E-state index in [0.29, 0.717) is 5.56 Å². The largest absolute Gasteiger partial charge is 0.459 e. The Balaban J connectivity index is 2.43. The molecule has 2 aromatic rings. The minimum absolute atomic E-state index is 0.000906. The molecule has 2 aromatic heterocycles. The van der Waals surface area contributed by atoms with E-state index in [-0.39, 0.29) is 32.3 Å². The average Bonchev–Trinajstić information content (AvgIpc) is 2.97. The molecule has 8 nitrogen and oxygen atoms in total. The number of nitrogens with zero attached hydrogens (tertiary/aromatic N) is 2. The van der Waals surface area contributed by atoms with E-state index in [0.717, 1.165) is 11.3 Å². The fourth-order valence-electron chi connectivity index (χ4n) is 2.13. The Bertz CT molecular complexity index is 856. The molecule has 0 aliphatic carbocycles. The van der Waals surface area contributed by atoms with Gasteiger partial charge in [0.05, 0.1) is 21.6 Å². The zero-order chi connectivity index (χ0) is 18.9. The van der Waals surface area contributed by atoms with Crippen LogP contribution in [-0.2, 0) is 11.8 Å². The van der Waals surface area contributed by atoms with Crippen molar-refractivity contribution in [3.8, 4) is 0 Å². The van der Waals surface area contributed by atoms with Crippen LogP contribution < -0.4 is 11.1 Å². The van der Waals surface area contributed by atoms with E-state index >= 15 is 0 Å². The third kappa shape index (κ3) is 3.99. The highest BCUT2D eigenvalue weighted by Gasteiger charge is 2.27. The molecule has 2 rings (SSSR count). The number of hydrogen-bond acceptors (Lipinski definition) is 6. The van der Waals surface area contributed by atoms with Crippen LogP contribution in [0.15, 0.2) is 6.20 Å². The Kier molecular flexibility index (Phi) is 5.48. The van der Waals surface area contributed by atoms with Crippen LogP contribution in [0.25, 0.3) is 0 Å². The molecule has 0 fully saturated rings. The predicted octanol–water partition coefficient (Wildman–Crippen LogP) is 2.36. The maximum absolute atomic E-state index is 12.4. The Labute approximate surface area is 152 Å². The zero-order valence-corrected chi connectivity index (χ0v) is 15.6. The summed E-state index contributed by atoms with van der Waals surface area (Å²) in [5, 5.41) is 6.84. The molecular formula is C15H17ClN4O4S. The molecule has 0 unspecified atom stereocenters. The number of thiophene rings is 1. The average molecular weight is 385 g/mol.